The Kier molecular flexibility index (Phi) is 5.51. The van der Waals surface area contributed by atoms with E-state index in [1.54, 1.807) is 23.2 Å². The van der Waals surface area contributed by atoms with Crippen molar-refractivity contribution in [2.75, 3.05) is 41.4 Å². The molecule has 8 heteroatoms. The summed E-state index contributed by atoms with van der Waals surface area (Å²) in [5.41, 5.74) is 0.773. The Morgan fingerprint density at radius 3 is 2.66 bits per heavy atom. The monoisotopic (exact) mass is 399 g/mol. The summed E-state index contributed by atoms with van der Waals surface area (Å²) in [5.74, 6) is 2.36. The SMILES string of the molecule is CCN1CC(=O)N(CC)c2cnc(N[C@H]3C[C@@H](COc4ccc(F)cc4)C3)nc21. The zero-order chi connectivity index (χ0) is 20.4. The van der Waals surface area contributed by atoms with E-state index in [0.717, 1.165) is 30.9 Å². The molecule has 0 atom stereocenters. The number of hydrogen-bond acceptors (Lipinski definition) is 6. The maximum absolute atomic E-state index is 12.9. The van der Waals surface area contributed by atoms with Crippen LogP contribution in [-0.2, 0) is 4.79 Å². The normalized spacial score (nSPS) is 20.9. The molecule has 154 valence electrons. The molecular weight excluding hydrogens is 373 g/mol. The molecule has 0 saturated heterocycles. The van der Waals surface area contributed by atoms with Gasteiger partial charge in [-0.25, -0.2) is 9.37 Å². The third-order valence-electron chi connectivity index (χ3n) is 5.53. The molecule has 0 unspecified atom stereocenters. The van der Waals surface area contributed by atoms with Gasteiger partial charge in [-0.15, -0.1) is 0 Å². The highest BCUT2D eigenvalue weighted by molar-refractivity contribution is 6.02. The Balaban J connectivity index is 1.33. The van der Waals surface area contributed by atoms with E-state index in [4.69, 9.17) is 4.74 Å². The van der Waals surface area contributed by atoms with Gasteiger partial charge in [0, 0.05) is 19.1 Å². The fourth-order valence-corrected chi connectivity index (χ4v) is 3.84. The zero-order valence-electron chi connectivity index (χ0n) is 16.8. The maximum atomic E-state index is 12.9. The van der Waals surface area contributed by atoms with Gasteiger partial charge >= 0.3 is 0 Å². The Morgan fingerprint density at radius 1 is 1.21 bits per heavy atom. The number of anilines is 3. The quantitative estimate of drug-likeness (QED) is 0.772. The Bertz CT molecular complexity index is 870. The number of aromatic nitrogens is 2. The number of carbonyl (C=O) groups is 1. The summed E-state index contributed by atoms with van der Waals surface area (Å²) < 4.78 is 18.7. The average molecular weight is 399 g/mol. The van der Waals surface area contributed by atoms with Crippen LogP contribution in [0.2, 0.25) is 0 Å². The van der Waals surface area contributed by atoms with Crippen molar-refractivity contribution in [3.8, 4) is 5.75 Å². The molecule has 1 aromatic carbocycles. The van der Waals surface area contributed by atoms with Gasteiger partial charge in [0.1, 0.15) is 17.3 Å². The van der Waals surface area contributed by atoms with Gasteiger partial charge in [0.25, 0.3) is 0 Å². The molecule has 2 aromatic rings. The fraction of sp³-hybridized carbons (Fsp3) is 0.476. The van der Waals surface area contributed by atoms with E-state index in [1.807, 2.05) is 18.7 Å². The third-order valence-corrected chi connectivity index (χ3v) is 5.53. The molecule has 1 aliphatic carbocycles. The number of fused-ring (bicyclic) bond motifs is 1. The van der Waals surface area contributed by atoms with Crippen LogP contribution in [0.25, 0.3) is 0 Å². The zero-order valence-corrected chi connectivity index (χ0v) is 16.8. The van der Waals surface area contributed by atoms with Crippen molar-refractivity contribution in [2.45, 2.75) is 32.7 Å². The standard InChI is InChI=1S/C21H26FN5O2/c1-3-26-12-19(28)27(4-2)18-11-23-21(25-20(18)26)24-16-9-14(10-16)13-29-17-7-5-15(22)6-8-17/h5-8,11,14,16H,3-4,9-10,12-13H2,1-2H3,(H,23,24,25)/t14-,16+. The molecule has 7 nitrogen and oxygen atoms in total. The smallest absolute Gasteiger partial charge is 0.246 e. The minimum absolute atomic E-state index is 0.0779. The number of amides is 1. The molecule has 0 radical (unpaired) electrons. The number of nitrogens with one attached hydrogen (secondary N) is 1. The molecular formula is C21H26FN5O2. The van der Waals surface area contributed by atoms with Crippen molar-refractivity contribution >= 4 is 23.4 Å². The molecule has 1 N–H and O–H groups in total. The summed E-state index contributed by atoms with van der Waals surface area (Å²) in [4.78, 5) is 25.1. The third kappa shape index (κ3) is 4.11. The van der Waals surface area contributed by atoms with Gasteiger partial charge in [-0.05, 0) is 56.9 Å². The molecule has 29 heavy (non-hydrogen) atoms. The van der Waals surface area contributed by atoms with Gasteiger partial charge in [0.2, 0.25) is 11.9 Å². The Morgan fingerprint density at radius 2 is 1.97 bits per heavy atom. The topological polar surface area (TPSA) is 70.6 Å². The van der Waals surface area contributed by atoms with Crippen molar-refractivity contribution in [3.63, 3.8) is 0 Å². The summed E-state index contributed by atoms with van der Waals surface area (Å²) in [6.45, 7) is 6.27. The van der Waals surface area contributed by atoms with Crippen molar-refractivity contribution in [1.29, 1.82) is 0 Å². The predicted octanol–water partition coefficient (Wildman–Crippen LogP) is 3.08. The van der Waals surface area contributed by atoms with Crippen LogP contribution >= 0.6 is 0 Å². The van der Waals surface area contributed by atoms with Crippen LogP contribution < -0.4 is 19.9 Å². The largest absolute Gasteiger partial charge is 0.493 e. The van der Waals surface area contributed by atoms with Crippen molar-refractivity contribution in [1.82, 2.24) is 9.97 Å². The summed E-state index contributed by atoms with van der Waals surface area (Å²) in [6.07, 6.45) is 3.68. The van der Waals surface area contributed by atoms with Crippen LogP contribution in [-0.4, -0.2) is 48.2 Å². The second-order valence-electron chi connectivity index (χ2n) is 7.50. The molecule has 0 spiro atoms. The van der Waals surface area contributed by atoms with Crippen molar-refractivity contribution in [2.24, 2.45) is 5.92 Å². The van der Waals surface area contributed by atoms with Gasteiger partial charge < -0.3 is 19.9 Å². The molecule has 0 bridgehead atoms. The van der Waals surface area contributed by atoms with E-state index < -0.39 is 0 Å². The lowest BCUT2D eigenvalue weighted by molar-refractivity contribution is -0.117. The lowest BCUT2D eigenvalue weighted by atomic mass is 9.81. The van der Waals surface area contributed by atoms with Crippen LogP contribution in [0.3, 0.4) is 0 Å². The lowest BCUT2D eigenvalue weighted by Gasteiger charge is -2.37. The van der Waals surface area contributed by atoms with Crippen LogP contribution in [0, 0.1) is 11.7 Å². The first-order chi connectivity index (χ1) is 14.1. The molecule has 1 saturated carbocycles. The number of carbonyl (C=O) groups excluding carboxylic acids is 1. The number of ether oxygens (including phenoxy) is 1. The molecule has 2 heterocycles. The van der Waals surface area contributed by atoms with E-state index >= 15 is 0 Å². The fourth-order valence-electron chi connectivity index (χ4n) is 3.84. The number of hydrogen-bond donors (Lipinski definition) is 1. The Labute approximate surface area is 169 Å². The number of nitrogens with zero attached hydrogens (tertiary/aromatic N) is 4. The highest BCUT2D eigenvalue weighted by atomic mass is 19.1. The molecule has 1 fully saturated rings. The summed E-state index contributed by atoms with van der Waals surface area (Å²) in [7, 11) is 0. The van der Waals surface area contributed by atoms with Gasteiger partial charge in [-0.3, -0.25) is 4.79 Å². The molecule has 1 amide bonds. The van der Waals surface area contributed by atoms with Crippen LogP contribution in [0.5, 0.6) is 5.75 Å². The second-order valence-corrected chi connectivity index (χ2v) is 7.50. The first-order valence-electron chi connectivity index (χ1n) is 10.1. The highest BCUT2D eigenvalue weighted by Gasteiger charge is 2.32. The van der Waals surface area contributed by atoms with E-state index in [2.05, 4.69) is 15.3 Å². The molecule has 4 rings (SSSR count). The first kappa shape index (κ1) is 19.4. The highest BCUT2D eigenvalue weighted by Crippen LogP contribution is 2.34. The van der Waals surface area contributed by atoms with Gasteiger partial charge in [-0.2, -0.15) is 4.98 Å². The van der Waals surface area contributed by atoms with E-state index in [1.165, 1.54) is 12.1 Å². The summed E-state index contributed by atoms with van der Waals surface area (Å²) in [5, 5.41) is 3.40. The van der Waals surface area contributed by atoms with E-state index in [0.29, 0.717) is 43.4 Å². The van der Waals surface area contributed by atoms with E-state index in [-0.39, 0.29) is 11.7 Å². The van der Waals surface area contributed by atoms with Crippen molar-refractivity contribution in [3.05, 3.63) is 36.3 Å². The lowest BCUT2D eigenvalue weighted by Crippen LogP contribution is -2.46. The Hall–Kier alpha value is -2.90. The van der Waals surface area contributed by atoms with E-state index in [9.17, 15) is 9.18 Å². The van der Waals surface area contributed by atoms with Gasteiger partial charge in [0.15, 0.2) is 5.82 Å². The van der Waals surface area contributed by atoms with Crippen LogP contribution in [0.15, 0.2) is 30.5 Å². The first-order valence-corrected chi connectivity index (χ1v) is 10.1. The molecule has 1 aromatic heterocycles. The molecule has 2 aliphatic rings. The predicted molar refractivity (Wildman–Crippen MR) is 110 cm³/mol. The van der Waals surface area contributed by atoms with Gasteiger partial charge in [0.05, 0.1) is 19.3 Å². The van der Waals surface area contributed by atoms with Crippen molar-refractivity contribution < 1.29 is 13.9 Å². The van der Waals surface area contributed by atoms with Gasteiger partial charge in [-0.1, -0.05) is 0 Å². The summed E-state index contributed by atoms with van der Waals surface area (Å²) >= 11 is 0. The number of benzene rings is 1. The van der Waals surface area contributed by atoms with Crippen LogP contribution in [0.1, 0.15) is 26.7 Å². The minimum atomic E-state index is -0.261. The maximum Gasteiger partial charge on any atom is 0.246 e. The number of likely N-dealkylation sites (N-methyl/N-ethyl adjacent to an activating group) is 2. The second kappa shape index (κ2) is 8.23. The minimum Gasteiger partial charge on any atom is -0.493 e. The number of halogens is 1. The number of rotatable bonds is 7. The molecule has 1 aliphatic heterocycles. The average Bonchev–Trinajstić information content (AvgIpc) is 2.70. The summed E-state index contributed by atoms with van der Waals surface area (Å²) in [6, 6.07) is 6.40. The van der Waals surface area contributed by atoms with Crippen LogP contribution in [0.4, 0.5) is 21.8 Å².